The van der Waals surface area contributed by atoms with Crippen molar-refractivity contribution in [1.82, 2.24) is 10.0 Å². The topological polar surface area (TPSA) is 84.5 Å². The van der Waals surface area contributed by atoms with Crippen molar-refractivity contribution in [2.24, 2.45) is 0 Å². The van der Waals surface area contributed by atoms with Crippen molar-refractivity contribution >= 4 is 21.5 Å². The summed E-state index contributed by atoms with van der Waals surface area (Å²) in [7, 11) is -3.50. The van der Waals surface area contributed by atoms with Crippen LogP contribution in [0.25, 0.3) is 5.57 Å². The molecule has 10 heteroatoms. The maximum absolute atomic E-state index is 13.2. The molecule has 2 N–H and O–H groups in total. The molecule has 1 aliphatic rings. The summed E-state index contributed by atoms with van der Waals surface area (Å²) in [6, 6.07) is 14.5. The van der Waals surface area contributed by atoms with E-state index in [0.29, 0.717) is 17.7 Å². The Labute approximate surface area is 203 Å². The summed E-state index contributed by atoms with van der Waals surface area (Å²) < 4.78 is 68.0. The highest BCUT2D eigenvalue weighted by Gasteiger charge is 2.37. The van der Waals surface area contributed by atoms with E-state index in [0.717, 1.165) is 28.5 Å². The van der Waals surface area contributed by atoms with E-state index in [1.54, 1.807) is 24.3 Å². The number of nitrogens with one attached hydrogen (secondary N) is 2. The number of hydrogen-bond donors (Lipinski definition) is 2. The van der Waals surface area contributed by atoms with Crippen molar-refractivity contribution in [2.75, 3.05) is 19.4 Å². The first-order valence-electron chi connectivity index (χ1n) is 11.1. The molecule has 1 aliphatic heterocycles. The Morgan fingerprint density at radius 1 is 1.09 bits per heavy atom. The summed E-state index contributed by atoms with van der Waals surface area (Å²) in [5, 5.41) is 3.00. The number of benzene rings is 2. The van der Waals surface area contributed by atoms with Crippen molar-refractivity contribution in [1.29, 1.82) is 0 Å². The highest BCUT2D eigenvalue weighted by Crippen LogP contribution is 2.39. The number of rotatable bonds is 9. The number of hydrogen-bond acceptors (Lipinski definition) is 4. The van der Waals surface area contributed by atoms with Crippen LogP contribution in [0.1, 0.15) is 42.9 Å². The monoisotopic (exact) mass is 510 g/mol. The Morgan fingerprint density at radius 2 is 1.71 bits per heavy atom. The third-order valence-electron chi connectivity index (χ3n) is 5.83. The minimum atomic E-state index is -4.21. The zero-order chi connectivity index (χ0) is 25.9. The molecule has 0 aromatic heterocycles. The first-order chi connectivity index (χ1) is 16.3. The molecule has 0 saturated heterocycles. The Bertz CT molecular complexity index is 1190. The molecule has 1 heterocycles. The second-order valence-electron chi connectivity index (χ2n) is 8.97. The Kier molecular flexibility index (Phi) is 7.96. The SMILES string of the molecule is Cc1ccc(C2=C(CNS(C)(=O)=O)C(=O)N[C@](C)(c3ccc(OCCCC(F)(F)F)cc3)C2)cc1. The lowest BCUT2D eigenvalue weighted by Crippen LogP contribution is -2.49. The standard InChI is InChI=1S/C25H29F3N2O4S/c1-17-5-7-18(8-6-17)21-15-24(2,30-23(31)22(21)16-29-35(3,32)33)19-9-11-20(12-10-19)34-14-4-13-25(26,27)28/h5-12,29H,4,13-16H2,1-3H3,(H,30,31)/t24-/m0/s1. The molecule has 0 saturated carbocycles. The molecule has 0 aliphatic carbocycles. The molecule has 3 rings (SSSR count). The summed E-state index contributed by atoms with van der Waals surface area (Å²) in [6.07, 6.45) is -3.79. The number of sulfonamides is 1. The third-order valence-corrected chi connectivity index (χ3v) is 6.50. The van der Waals surface area contributed by atoms with Gasteiger partial charge in [-0.1, -0.05) is 42.0 Å². The van der Waals surface area contributed by atoms with Crippen LogP contribution in [0.4, 0.5) is 13.2 Å². The van der Waals surface area contributed by atoms with Crippen LogP contribution in [-0.4, -0.2) is 39.9 Å². The lowest BCUT2D eigenvalue weighted by molar-refractivity contribution is -0.136. The number of ether oxygens (including phenoxy) is 1. The summed E-state index contributed by atoms with van der Waals surface area (Å²) in [4.78, 5) is 13.2. The van der Waals surface area contributed by atoms with E-state index < -0.39 is 28.2 Å². The fourth-order valence-corrected chi connectivity index (χ4v) is 4.35. The molecule has 35 heavy (non-hydrogen) atoms. The van der Waals surface area contributed by atoms with E-state index in [1.807, 2.05) is 38.1 Å². The Morgan fingerprint density at radius 3 is 2.29 bits per heavy atom. The molecule has 0 unspecified atom stereocenters. The van der Waals surface area contributed by atoms with Crippen LogP contribution in [0.5, 0.6) is 5.75 Å². The van der Waals surface area contributed by atoms with Gasteiger partial charge in [0.25, 0.3) is 0 Å². The summed E-state index contributed by atoms with van der Waals surface area (Å²) in [6.45, 7) is 3.65. The highest BCUT2D eigenvalue weighted by atomic mass is 32.2. The van der Waals surface area contributed by atoms with Crippen molar-refractivity contribution in [2.45, 2.75) is 44.8 Å². The second-order valence-corrected chi connectivity index (χ2v) is 10.8. The zero-order valence-corrected chi connectivity index (χ0v) is 20.6. The van der Waals surface area contributed by atoms with Gasteiger partial charge in [-0.3, -0.25) is 4.79 Å². The molecule has 0 spiro atoms. The average Bonchev–Trinajstić information content (AvgIpc) is 2.75. The van der Waals surface area contributed by atoms with Crippen LogP contribution < -0.4 is 14.8 Å². The van der Waals surface area contributed by atoms with Gasteiger partial charge in [-0.25, -0.2) is 13.1 Å². The number of alkyl halides is 3. The minimum Gasteiger partial charge on any atom is -0.494 e. The predicted molar refractivity (Wildman–Crippen MR) is 128 cm³/mol. The number of carbonyl (C=O) groups excluding carboxylic acids is 1. The Hall–Kier alpha value is -2.85. The normalized spacial score (nSPS) is 19.0. The van der Waals surface area contributed by atoms with Gasteiger partial charge in [0.05, 0.1) is 18.4 Å². The van der Waals surface area contributed by atoms with E-state index in [4.69, 9.17) is 4.74 Å². The Balaban J connectivity index is 1.84. The molecule has 2 aromatic carbocycles. The van der Waals surface area contributed by atoms with Gasteiger partial charge < -0.3 is 10.1 Å². The van der Waals surface area contributed by atoms with Crippen LogP contribution in [0.3, 0.4) is 0 Å². The molecular weight excluding hydrogens is 481 g/mol. The summed E-state index contributed by atoms with van der Waals surface area (Å²) in [5.74, 6) is 0.0620. The molecular formula is C25H29F3N2O4S. The van der Waals surface area contributed by atoms with Gasteiger partial charge in [-0.05, 0) is 49.1 Å². The fraction of sp³-hybridized carbons (Fsp3) is 0.400. The van der Waals surface area contributed by atoms with Crippen molar-refractivity contribution in [3.05, 3.63) is 70.8 Å². The molecule has 1 amide bonds. The van der Waals surface area contributed by atoms with E-state index in [-0.39, 0.29) is 25.5 Å². The van der Waals surface area contributed by atoms with Crippen molar-refractivity contribution in [3.63, 3.8) is 0 Å². The van der Waals surface area contributed by atoms with E-state index in [1.165, 1.54) is 0 Å². The lowest BCUT2D eigenvalue weighted by atomic mass is 9.78. The van der Waals surface area contributed by atoms with Gasteiger partial charge in [0.1, 0.15) is 5.75 Å². The van der Waals surface area contributed by atoms with Crippen molar-refractivity contribution in [3.8, 4) is 5.75 Å². The first-order valence-corrected chi connectivity index (χ1v) is 13.0. The van der Waals surface area contributed by atoms with Gasteiger partial charge in [0.2, 0.25) is 15.9 Å². The molecule has 2 aromatic rings. The fourth-order valence-electron chi connectivity index (χ4n) is 3.94. The highest BCUT2D eigenvalue weighted by molar-refractivity contribution is 7.88. The van der Waals surface area contributed by atoms with Crippen molar-refractivity contribution < 1.29 is 31.1 Å². The number of carbonyl (C=O) groups is 1. The second kappa shape index (κ2) is 10.4. The van der Waals surface area contributed by atoms with Gasteiger partial charge >= 0.3 is 6.18 Å². The molecule has 0 radical (unpaired) electrons. The van der Waals surface area contributed by atoms with Gasteiger partial charge in [0.15, 0.2) is 0 Å². The average molecular weight is 511 g/mol. The van der Waals surface area contributed by atoms with Crippen LogP contribution in [0, 0.1) is 6.92 Å². The van der Waals surface area contributed by atoms with E-state index in [2.05, 4.69) is 10.0 Å². The van der Waals surface area contributed by atoms with Crippen LogP contribution >= 0.6 is 0 Å². The third kappa shape index (κ3) is 7.57. The van der Waals surface area contributed by atoms with Gasteiger partial charge in [0, 0.05) is 25.0 Å². The molecule has 190 valence electrons. The first kappa shape index (κ1) is 26.7. The van der Waals surface area contributed by atoms with Gasteiger partial charge in [-0.15, -0.1) is 0 Å². The van der Waals surface area contributed by atoms with Crippen LogP contribution in [0.15, 0.2) is 54.1 Å². The maximum Gasteiger partial charge on any atom is 0.389 e. The van der Waals surface area contributed by atoms with Crippen LogP contribution in [-0.2, 0) is 20.4 Å². The summed E-state index contributed by atoms with van der Waals surface area (Å²) in [5.41, 5.74) is 2.96. The molecule has 6 nitrogen and oxygen atoms in total. The predicted octanol–water partition coefficient (Wildman–Crippen LogP) is 4.45. The van der Waals surface area contributed by atoms with E-state index in [9.17, 15) is 26.4 Å². The molecule has 1 atom stereocenters. The van der Waals surface area contributed by atoms with E-state index >= 15 is 0 Å². The minimum absolute atomic E-state index is 0.0517. The smallest absolute Gasteiger partial charge is 0.389 e. The number of halogens is 3. The van der Waals surface area contributed by atoms with Crippen LogP contribution in [0.2, 0.25) is 0 Å². The maximum atomic E-state index is 13.2. The molecule has 0 fully saturated rings. The number of amides is 1. The lowest BCUT2D eigenvalue weighted by Gasteiger charge is -2.38. The molecule has 0 bridgehead atoms. The zero-order valence-electron chi connectivity index (χ0n) is 19.8. The number of aryl methyl sites for hydroxylation is 1. The van der Waals surface area contributed by atoms with Gasteiger partial charge in [-0.2, -0.15) is 13.2 Å². The largest absolute Gasteiger partial charge is 0.494 e. The quantitative estimate of drug-likeness (QED) is 0.488. The summed E-state index contributed by atoms with van der Waals surface area (Å²) >= 11 is 0.